The third-order valence-electron chi connectivity index (χ3n) is 1.71. The second-order valence-corrected chi connectivity index (χ2v) is 3.17. The van der Waals surface area contributed by atoms with Gasteiger partial charge in [0.05, 0.1) is 10.9 Å². The van der Waals surface area contributed by atoms with Crippen molar-refractivity contribution in [2.24, 2.45) is 0 Å². The number of hydrogen-bond acceptors (Lipinski definition) is 3. The van der Waals surface area contributed by atoms with Crippen LogP contribution in [0, 0.1) is 0 Å². The van der Waals surface area contributed by atoms with E-state index in [2.05, 4.69) is 22.3 Å². The summed E-state index contributed by atoms with van der Waals surface area (Å²) in [6.07, 6.45) is 4.72. The molecule has 0 spiro atoms. The third-order valence-corrected chi connectivity index (χ3v) is 2.58. The van der Waals surface area contributed by atoms with E-state index in [-0.39, 0.29) is 0 Å². The molecule has 0 saturated heterocycles. The highest BCUT2D eigenvalue weighted by atomic mass is 32.1. The Hall–Kier alpha value is -0.960. The van der Waals surface area contributed by atoms with Crippen molar-refractivity contribution >= 4 is 21.7 Å². The smallest absolute Gasteiger partial charge is 0.101 e. The van der Waals surface area contributed by atoms with Crippen molar-refractivity contribution in [3.05, 3.63) is 24.0 Å². The van der Waals surface area contributed by atoms with Crippen LogP contribution >= 0.6 is 11.5 Å². The van der Waals surface area contributed by atoms with Crippen LogP contribution in [0.4, 0.5) is 0 Å². The summed E-state index contributed by atoms with van der Waals surface area (Å²) in [6, 6.07) is 2.06. The molecule has 3 heteroatoms. The molecule has 0 aliphatic carbocycles. The van der Waals surface area contributed by atoms with E-state index in [9.17, 15) is 0 Å². The molecule has 11 heavy (non-hydrogen) atoms. The lowest BCUT2D eigenvalue weighted by Crippen LogP contribution is -1.80. The van der Waals surface area contributed by atoms with Crippen molar-refractivity contribution in [2.75, 3.05) is 0 Å². The average molecular weight is 164 g/mol. The second-order valence-electron chi connectivity index (χ2n) is 2.36. The highest BCUT2D eigenvalue weighted by molar-refractivity contribution is 7.13. The molecule has 0 aliphatic rings. The van der Waals surface area contributed by atoms with Crippen LogP contribution in [0.5, 0.6) is 0 Å². The number of pyridine rings is 1. The van der Waals surface area contributed by atoms with Crippen LogP contribution in [0.15, 0.2) is 18.5 Å². The van der Waals surface area contributed by atoms with Gasteiger partial charge in [0.15, 0.2) is 0 Å². The maximum Gasteiger partial charge on any atom is 0.101 e. The normalized spacial score (nSPS) is 10.6. The Morgan fingerprint density at radius 1 is 1.55 bits per heavy atom. The highest BCUT2D eigenvalue weighted by Gasteiger charge is 2.00. The first-order chi connectivity index (χ1) is 5.42. The number of nitrogens with zero attached hydrogens (tertiary/aromatic N) is 2. The summed E-state index contributed by atoms with van der Waals surface area (Å²) in [5.74, 6) is 0. The van der Waals surface area contributed by atoms with Gasteiger partial charge in [-0.05, 0) is 29.6 Å². The molecule has 2 rings (SSSR count). The van der Waals surface area contributed by atoms with Crippen LogP contribution in [0.1, 0.15) is 12.5 Å². The molecule has 2 heterocycles. The molecule has 0 aliphatic heterocycles. The summed E-state index contributed by atoms with van der Waals surface area (Å²) in [5.41, 5.74) is 2.37. The first-order valence-electron chi connectivity index (χ1n) is 3.60. The van der Waals surface area contributed by atoms with Crippen LogP contribution < -0.4 is 0 Å². The van der Waals surface area contributed by atoms with Crippen LogP contribution in [0.3, 0.4) is 0 Å². The second kappa shape index (κ2) is 2.58. The van der Waals surface area contributed by atoms with E-state index in [0.717, 1.165) is 11.9 Å². The fraction of sp³-hybridized carbons (Fsp3) is 0.250. The van der Waals surface area contributed by atoms with Crippen molar-refractivity contribution < 1.29 is 0 Å². The zero-order valence-electron chi connectivity index (χ0n) is 6.24. The SMILES string of the molecule is CCc1ccnc2cnsc12. The van der Waals surface area contributed by atoms with Crippen LogP contribution in [0.2, 0.25) is 0 Å². The minimum Gasteiger partial charge on any atom is -0.254 e. The summed E-state index contributed by atoms with van der Waals surface area (Å²) >= 11 is 1.53. The maximum absolute atomic E-state index is 4.20. The topological polar surface area (TPSA) is 25.8 Å². The van der Waals surface area contributed by atoms with Crippen molar-refractivity contribution in [3.8, 4) is 0 Å². The van der Waals surface area contributed by atoms with Gasteiger partial charge < -0.3 is 0 Å². The minimum absolute atomic E-state index is 1.02. The van der Waals surface area contributed by atoms with Gasteiger partial charge in [-0.15, -0.1) is 0 Å². The quantitative estimate of drug-likeness (QED) is 0.646. The number of fused-ring (bicyclic) bond motifs is 1. The van der Waals surface area contributed by atoms with Crippen molar-refractivity contribution in [2.45, 2.75) is 13.3 Å². The first-order valence-corrected chi connectivity index (χ1v) is 4.37. The van der Waals surface area contributed by atoms with Crippen LogP contribution in [-0.2, 0) is 6.42 Å². The van der Waals surface area contributed by atoms with Gasteiger partial charge in [-0.3, -0.25) is 4.98 Å². The molecule has 0 unspecified atom stereocenters. The predicted molar refractivity (Wildman–Crippen MR) is 46.8 cm³/mol. The molecular formula is C8H8N2S. The molecule has 0 radical (unpaired) electrons. The third kappa shape index (κ3) is 1.01. The van der Waals surface area contributed by atoms with Gasteiger partial charge in [-0.25, -0.2) is 0 Å². The molecule has 0 bridgehead atoms. The summed E-state index contributed by atoms with van der Waals surface area (Å²) in [7, 11) is 0. The van der Waals surface area contributed by atoms with Gasteiger partial charge in [-0.1, -0.05) is 6.92 Å². The minimum atomic E-state index is 1.02. The number of aromatic nitrogens is 2. The van der Waals surface area contributed by atoms with E-state index in [4.69, 9.17) is 0 Å². The molecule has 0 saturated carbocycles. The number of hydrogen-bond donors (Lipinski definition) is 0. The van der Waals surface area contributed by atoms with Gasteiger partial charge in [-0.2, -0.15) is 4.37 Å². The predicted octanol–water partition coefficient (Wildman–Crippen LogP) is 2.25. The Labute approximate surface area is 69.1 Å². The Kier molecular flexibility index (Phi) is 1.58. The van der Waals surface area contributed by atoms with Crippen molar-refractivity contribution in [1.29, 1.82) is 0 Å². The largest absolute Gasteiger partial charge is 0.254 e. The molecule has 56 valence electrons. The maximum atomic E-state index is 4.20. The fourth-order valence-corrected chi connectivity index (χ4v) is 1.90. The summed E-state index contributed by atoms with van der Waals surface area (Å²) < 4.78 is 5.32. The zero-order chi connectivity index (χ0) is 7.68. The Morgan fingerprint density at radius 2 is 2.45 bits per heavy atom. The van der Waals surface area contributed by atoms with E-state index in [0.29, 0.717) is 0 Å². The molecule has 2 aromatic rings. The lowest BCUT2D eigenvalue weighted by Gasteiger charge is -1.94. The van der Waals surface area contributed by atoms with E-state index >= 15 is 0 Å². The van der Waals surface area contributed by atoms with E-state index in [1.165, 1.54) is 21.8 Å². The highest BCUT2D eigenvalue weighted by Crippen LogP contribution is 2.20. The van der Waals surface area contributed by atoms with Crippen molar-refractivity contribution in [3.63, 3.8) is 0 Å². The van der Waals surface area contributed by atoms with Crippen molar-refractivity contribution in [1.82, 2.24) is 9.36 Å². The standard InChI is InChI=1S/C8H8N2S/c1-2-6-3-4-9-7-5-10-11-8(6)7/h3-5H,2H2,1H3. The number of rotatable bonds is 1. The molecular weight excluding hydrogens is 156 g/mol. The summed E-state index contributed by atoms with van der Waals surface area (Å²) in [5, 5.41) is 0. The van der Waals surface area contributed by atoms with Gasteiger partial charge in [0, 0.05) is 6.20 Å². The lowest BCUT2D eigenvalue weighted by molar-refractivity contribution is 1.15. The first kappa shape index (κ1) is 6.73. The molecule has 0 amide bonds. The van der Waals surface area contributed by atoms with Crippen LogP contribution in [0.25, 0.3) is 10.2 Å². The van der Waals surface area contributed by atoms with Gasteiger partial charge in [0.25, 0.3) is 0 Å². The van der Waals surface area contributed by atoms with E-state index < -0.39 is 0 Å². The van der Waals surface area contributed by atoms with E-state index in [1.807, 2.05) is 12.4 Å². The van der Waals surface area contributed by atoms with Gasteiger partial charge in [0.1, 0.15) is 5.52 Å². The lowest BCUT2D eigenvalue weighted by atomic mass is 10.2. The zero-order valence-corrected chi connectivity index (χ0v) is 7.06. The Morgan fingerprint density at radius 3 is 3.27 bits per heavy atom. The monoisotopic (exact) mass is 164 g/mol. The van der Waals surface area contributed by atoms with E-state index in [1.54, 1.807) is 0 Å². The molecule has 0 N–H and O–H groups in total. The number of aryl methyl sites for hydroxylation is 1. The molecule has 0 atom stereocenters. The summed E-state index contributed by atoms with van der Waals surface area (Å²) in [6.45, 7) is 2.15. The van der Waals surface area contributed by atoms with Gasteiger partial charge in [0.2, 0.25) is 0 Å². The molecule has 2 aromatic heterocycles. The van der Waals surface area contributed by atoms with Gasteiger partial charge >= 0.3 is 0 Å². The molecule has 2 nitrogen and oxygen atoms in total. The Bertz CT molecular complexity index is 367. The molecule has 0 aromatic carbocycles. The molecule has 0 fully saturated rings. The van der Waals surface area contributed by atoms with Crippen LogP contribution in [-0.4, -0.2) is 9.36 Å². The Balaban J connectivity index is 2.79. The fourth-order valence-electron chi connectivity index (χ4n) is 1.11. The average Bonchev–Trinajstić information content (AvgIpc) is 2.50. The summed E-state index contributed by atoms with van der Waals surface area (Å²) in [4.78, 5) is 4.20.